The van der Waals surface area contributed by atoms with Crippen molar-refractivity contribution in [1.29, 1.82) is 5.26 Å². The second-order valence-electron chi connectivity index (χ2n) is 6.45. The first kappa shape index (κ1) is 17.8. The summed E-state index contributed by atoms with van der Waals surface area (Å²) in [6.45, 7) is 0.697. The molecule has 0 radical (unpaired) electrons. The highest BCUT2D eigenvalue weighted by molar-refractivity contribution is 6.05. The van der Waals surface area contributed by atoms with Crippen molar-refractivity contribution >= 4 is 17.4 Å². The molecule has 134 valence electrons. The number of carbonyl (C=O) groups excluding carboxylic acids is 1. The van der Waals surface area contributed by atoms with Gasteiger partial charge in [0.1, 0.15) is 0 Å². The van der Waals surface area contributed by atoms with E-state index >= 15 is 0 Å². The van der Waals surface area contributed by atoms with Crippen molar-refractivity contribution in [2.24, 2.45) is 5.92 Å². The monoisotopic (exact) mass is 351 g/mol. The summed E-state index contributed by atoms with van der Waals surface area (Å²) < 4.78 is 0. The molecular weight excluding hydrogens is 330 g/mol. The molecule has 3 N–H and O–H groups in total. The van der Waals surface area contributed by atoms with Crippen LogP contribution in [0.25, 0.3) is 0 Å². The summed E-state index contributed by atoms with van der Waals surface area (Å²) in [5.41, 5.74) is 1.35. The average molecular weight is 351 g/mol. The summed E-state index contributed by atoms with van der Waals surface area (Å²) in [4.78, 5) is 20.9. The smallest absolute Gasteiger partial charge is 0.278 e. The molecule has 2 aromatic rings. The van der Waals surface area contributed by atoms with Gasteiger partial charge in [0.25, 0.3) is 5.91 Å². The van der Waals surface area contributed by atoms with E-state index in [-0.39, 0.29) is 17.7 Å². The molecule has 26 heavy (non-hydrogen) atoms. The normalized spacial score (nSPS) is 19.4. The van der Waals surface area contributed by atoms with E-state index in [1.165, 1.54) is 6.20 Å². The first-order valence-electron chi connectivity index (χ1n) is 8.70. The molecule has 0 spiro atoms. The zero-order chi connectivity index (χ0) is 18.4. The van der Waals surface area contributed by atoms with Crippen molar-refractivity contribution in [3.8, 4) is 6.07 Å². The van der Waals surface area contributed by atoms with Crippen LogP contribution in [0, 0.1) is 17.2 Å². The van der Waals surface area contributed by atoms with E-state index in [0.717, 1.165) is 25.7 Å². The number of aliphatic hydroxyl groups is 1. The lowest BCUT2D eigenvalue weighted by Crippen LogP contribution is -2.25. The number of hydrogen-bond acceptors (Lipinski definition) is 6. The molecule has 0 bridgehead atoms. The zero-order valence-corrected chi connectivity index (χ0v) is 14.4. The molecule has 1 aromatic heterocycles. The summed E-state index contributed by atoms with van der Waals surface area (Å²) >= 11 is 0. The Kier molecular flexibility index (Phi) is 5.77. The number of nitrogens with one attached hydrogen (secondary N) is 2. The third-order valence-corrected chi connectivity index (χ3v) is 4.56. The number of carbonyl (C=O) groups is 1. The highest BCUT2D eigenvalue weighted by atomic mass is 16.3. The van der Waals surface area contributed by atoms with Crippen molar-refractivity contribution in [1.82, 2.24) is 9.97 Å². The molecule has 1 aliphatic carbocycles. The van der Waals surface area contributed by atoms with Crippen LogP contribution in [-0.4, -0.2) is 33.6 Å². The van der Waals surface area contributed by atoms with E-state index in [9.17, 15) is 9.90 Å². The Morgan fingerprint density at radius 3 is 2.54 bits per heavy atom. The molecule has 7 heteroatoms. The van der Waals surface area contributed by atoms with Crippen LogP contribution in [0.1, 0.15) is 41.7 Å². The minimum atomic E-state index is -0.357. The number of nitriles is 1. The topological polar surface area (TPSA) is 111 Å². The summed E-state index contributed by atoms with van der Waals surface area (Å²) in [6, 6.07) is 8.67. The van der Waals surface area contributed by atoms with Gasteiger partial charge in [-0.25, -0.2) is 9.97 Å². The molecular formula is C19H21N5O2. The van der Waals surface area contributed by atoms with Gasteiger partial charge in [-0.15, -0.1) is 0 Å². The Morgan fingerprint density at radius 2 is 1.85 bits per heavy atom. The van der Waals surface area contributed by atoms with E-state index in [2.05, 4.69) is 20.6 Å². The number of hydrogen-bond donors (Lipinski definition) is 3. The van der Waals surface area contributed by atoms with Crippen LogP contribution in [0.3, 0.4) is 0 Å². The van der Waals surface area contributed by atoms with E-state index in [4.69, 9.17) is 5.26 Å². The Morgan fingerprint density at radius 1 is 1.15 bits per heavy atom. The quantitative estimate of drug-likeness (QED) is 0.763. The van der Waals surface area contributed by atoms with E-state index < -0.39 is 0 Å². The van der Waals surface area contributed by atoms with Gasteiger partial charge < -0.3 is 15.7 Å². The molecule has 1 aliphatic rings. The number of anilines is 2. The van der Waals surface area contributed by atoms with E-state index in [1.54, 1.807) is 30.5 Å². The van der Waals surface area contributed by atoms with E-state index in [1.807, 2.05) is 6.07 Å². The number of aliphatic hydroxyl groups excluding tert-OH is 1. The Balaban J connectivity index is 1.64. The molecule has 0 saturated heterocycles. The van der Waals surface area contributed by atoms with Crippen molar-refractivity contribution < 1.29 is 9.90 Å². The summed E-state index contributed by atoms with van der Waals surface area (Å²) in [6.07, 6.45) is 6.40. The maximum Gasteiger partial charge on any atom is 0.278 e. The van der Waals surface area contributed by atoms with Crippen LogP contribution in [0.2, 0.25) is 0 Å². The fraction of sp³-hybridized carbons (Fsp3) is 0.368. The lowest BCUT2D eigenvalue weighted by atomic mass is 9.87. The van der Waals surface area contributed by atoms with Crippen LogP contribution in [0.15, 0.2) is 36.7 Å². The highest BCUT2D eigenvalue weighted by Gasteiger charge is 2.20. The molecule has 1 saturated carbocycles. The van der Waals surface area contributed by atoms with Gasteiger partial charge in [0.05, 0.1) is 17.7 Å². The van der Waals surface area contributed by atoms with Gasteiger partial charge in [-0.2, -0.15) is 5.26 Å². The predicted molar refractivity (Wildman–Crippen MR) is 97.6 cm³/mol. The third-order valence-electron chi connectivity index (χ3n) is 4.56. The summed E-state index contributed by atoms with van der Waals surface area (Å²) in [5, 5.41) is 24.4. The fourth-order valence-electron chi connectivity index (χ4n) is 3.04. The Bertz CT molecular complexity index is 792. The van der Waals surface area contributed by atoms with Crippen LogP contribution in [-0.2, 0) is 0 Å². The van der Waals surface area contributed by atoms with Gasteiger partial charge in [-0.05, 0) is 55.9 Å². The maximum absolute atomic E-state index is 12.5. The Labute approximate surface area is 152 Å². The highest BCUT2D eigenvalue weighted by Crippen LogP contribution is 2.24. The predicted octanol–water partition coefficient (Wildman–Crippen LogP) is 2.56. The fourth-order valence-corrected chi connectivity index (χ4v) is 3.04. The van der Waals surface area contributed by atoms with Crippen molar-refractivity contribution in [2.45, 2.75) is 31.8 Å². The van der Waals surface area contributed by atoms with Gasteiger partial charge in [0.15, 0.2) is 11.5 Å². The lowest BCUT2D eigenvalue weighted by Gasteiger charge is -2.25. The van der Waals surface area contributed by atoms with Crippen molar-refractivity contribution in [3.05, 3.63) is 47.9 Å². The standard InChI is InChI=1S/C19H21N5O2/c20-11-13-1-5-15(6-2-13)24-19(26)17-18(22-10-9-21-17)23-12-14-3-7-16(25)8-4-14/h1-2,5-6,9-10,14,16,25H,3-4,7-8,12H2,(H,22,23)(H,24,26)/t14-,16+. The molecule has 7 nitrogen and oxygen atoms in total. The van der Waals surface area contributed by atoms with Crippen molar-refractivity contribution in [3.63, 3.8) is 0 Å². The van der Waals surface area contributed by atoms with Crippen LogP contribution in [0.4, 0.5) is 11.5 Å². The number of rotatable bonds is 5. The lowest BCUT2D eigenvalue weighted by molar-refractivity contribution is 0.102. The number of aromatic nitrogens is 2. The number of nitrogens with zero attached hydrogens (tertiary/aromatic N) is 3. The number of amides is 1. The van der Waals surface area contributed by atoms with E-state index in [0.29, 0.717) is 29.5 Å². The number of benzene rings is 1. The molecule has 0 unspecified atom stereocenters. The largest absolute Gasteiger partial charge is 0.393 e. The van der Waals surface area contributed by atoms with Gasteiger partial charge in [-0.1, -0.05) is 0 Å². The second-order valence-corrected chi connectivity index (χ2v) is 6.45. The third kappa shape index (κ3) is 4.55. The molecule has 1 fully saturated rings. The SMILES string of the molecule is N#Cc1ccc(NC(=O)c2nccnc2NC[C@H]2CC[C@@H](O)CC2)cc1. The first-order valence-corrected chi connectivity index (χ1v) is 8.70. The van der Waals surface area contributed by atoms with Crippen LogP contribution < -0.4 is 10.6 Å². The van der Waals surface area contributed by atoms with Crippen LogP contribution in [0.5, 0.6) is 0 Å². The van der Waals surface area contributed by atoms with Gasteiger partial charge in [0, 0.05) is 24.6 Å². The summed E-state index contributed by atoms with van der Waals surface area (Å²) in [7, 11) is 0. The summed E-state index contributed by atoms with van der Waals surface area (Å²) in [5.74, 6) is 0.545. The molecule has 1 heterocycles. The maximum atomic E-state index is 12.5. The molecule has 0 atom stereocenters. The van der Waals surface area contributed by atoms with Crippen molar-refractivity contribution in [2.75, 3.05) is 17.2 Å². The minimum absolute atomic E-state index is 0.184. The molecule has 1 amide bonds. The van der Waals surface area contributed by atoms with Gasteiger partial charge in [-0.3, -0.25) is 4.79 Å². The van der Waals surface area contributed by atoms with Gasteiger partial charge >= 0.3 is 0 Å². The molecule has 1 aromatic carbocycles. The first-order chi connectivity index (χ1) is 12.7. The van der Waals surface area contributed by atoms with Gasteiger partial charge in [0.2, 0.25) is 0 Å². The zero-order valence-electron chi connectivity index (χ0n) is 14.4. The molecule has 0 aliphatic heterocycles. The minimum Gasteiger partial charge on any atom is -0.393 e. The van der Waals surface area contributed by atoms with Crippen LogP contribution >= 0.6 is 0 Å². The Hall–Kier alpha value is -2.98. The second kappa shape index (κ2) is 8.41. The molecule has 3 rings (SSSR count). The average Bonchev–Trinajstić information content (AvgIpc) is 2.68.